The summed E-state index contributed by atoms with van der Waals surface area (Å²) < 4.78 is 7.26. The summed E-state index contributed by atoms with van der Waals surface area (Å²) in [5.41, 5.74) is 1.21. The number of hydrogen-bond acceptors (Lipinski definition) is 4. The summed E-state index contributed by atoms with van der Waals surface area (Å²) in [6.45, 7) is 2.80. The van der Waals surface area contributed by atoms with Crippen molar-refractivity contribution in [2.24, 2.45) is 7.05 Å². The zero-order chi connectivity index (χ0) is 13.7. The lowest BCUT2D eigenvalue weighted by atomic mass is 10.2. The Bertz CT molecular complexity index is 413. The van der Waals surface area contributed by atoms with Gasteiger partial charge in [0.05, 0.1) is 12.8 Å². The molecule has 1 N–H and O–H groups in total. The minimum Gasteiger partial charge on any atom is -0.366 e. The van der Waals surface area contributed by atoms with Gasteiger partial charge in [-0.15, -0.1) is 0 Å². The second-order valence-corrected chi connectivity index (χ2v) is 4.95. The van der Waals surface area contributed by atoms with Crippen LogP contribution in [0.15, 0.2) is 12.4 Å². The summed E-state index contributed by atoms with van der Waals surface area (Å²) in [4.78, 5) is 13.8. The number of aromatic nitrogens is 2. The maximum Gasteiger partial charge on any atom is 0.252 e. The standard InChI is InChI=1S/C13H22N4O2/c1-16(13(18)12-9-14-5-7-19-12)6-3-4-11-8-15-17(2)10-11/h8,10,12,14H,3-7,9H2,1-2H3. The second-order valence-electron chi connectivity index (χ2n) is 4.95. The SMILES string of the molecule is CN(CCCc1cnn(C)c1)C(=O)C1CNCCO1. The molecule has 2 heterocycles. The number of nitrogens with zero attached hydrogens (tertiary/aromatic N) is 3. The van der Waals surface area contributed by atoms with Crippen molar-refractivity contribution in [1.29, 1.82) is 0 Å². The van der Waals surface area contributed by atoms with E-state index in [9.17, 15) is 4.79 Å². The van der Waals surface area contributed by atoms with Gasteiger partial charge in [0.15, 0.2) is 0 Å². The van der Waals surface area contributed by atoms with E-state index in [1.54, 1.807) is 9.58 Å². The molecule has 6 heteroatoms. The first-order valence-corrected chi connectivity index (χ1v) is 6.71. The van der Waals surface area contributed by atoms with Crippen LogP contribution in [0.4, 0.5) is 0 Å². The van der Waals surface area contributed by atoms with Crippen LogP contribution >= 0.6 is 0 Å². The molecule has 106 valence electrons. The Balaban J connectivity index is 1.71. The summed E-state index contributed by atoms with van der Waals surface area (Å²) in [5.74, 6) is 0.0680. The molecule has 0 aliphatic carbocycles. The molecule has 0 bridgehead atoms. The lowest BCUT2D eigenvalue weighted by molar-refractivity contribution is -0.143. The van der Waals surface area contributed by atoms with Gasteiger partial charge >= 0.3 is 0 Å². The molecule has 1 aromatic rings. The van der Waals surface area contributed by atoms with Crippen molar-refractivity contribution in [2.45, 2.75) is 18.9 Å². The number of rotatable bonds is 5. The Morgan fingerprint density at radius 1 is 1.68 bits per heavy atom. The number of amides is 1. The molecule has 0 saturated carbocycles. The maximum absolute atomic E-state index is 12.1. The van der Waals surface area contributed by atoms with Gasteiger partial charge in [0.25, 0.3) is 5.91 Å². The van der Waals surface area contributed by atoms with E-state index in [0.29, 0.717) is 13.2 Å². The average Bonchev–Trinajstić information content (AvgIpc) is 2.84. The predicted molar refractivity (Wildman–Crippen MR) is 71.8 cm³/mol. The van der Waals surface area contributed by atoms with Gasteiger partial charge in [-0.2, -0.15) is 5.10 Å². The van der Waals surface area contributed by atoms with Gasteiger partial charge in [0.1, 0.15) is 6.10 Å². The molecule has 1 unspecified atom stereocenters. The molecule has 0 aromatic carbocycles. The van der Waals surface area contributed by atoms with Gasteiger partial charge in [-0.1, -0.05) is 0 Å². The highest BCUT2D eigenvalue weighted by atomic mass is 16.5. The molecule has 1 fully saturated rings. The minimum atomic E-state index is -0.322. The summed E-state index contributed by atoms with van der Waals surface area (Å²) >= 11 is 0. The van der Waals surface area contributed by atoms with Gasteiger partial charge < -0.3 is 15.0 Å². The second kappa shape index (κ2) is 6.68. The minimum absolute atomic E-state index is 0.0680. The van der Waals surface area contributed by atoms with Crippen molar-refractivity contribution in [1.82, 2.24) is 20.0 Å². The topological polar surface area (TPSA) is 59.4 Å². The normalized spacial score (nSPS) is 19.4. The van der Waals surface area contributed by atoms with E-state index in [0.717, 1.165) is 25.9 Å². The van der Waals surface area contributed by atoms with Crippen LogP contribution in [0, 0.1) is 0 Å². The molecule has 1 amide bonds. The molecule has 0 radical (unpaired) electrons. The predicted octanol–water partition coefficient (Wildman–Crippen LogP) is -0.200. The quantitative estimate of drug-likeness (QED) is 0.802. The van der Waals surface area contributed by atoms with Crippen LogP contribution in [0.1, 0.15) is 12.0 Å². The lowest BCUT2D eigenvalue weighted by Gasteiger charge is -2.27. The highest BCUT2D eigenvalue weighted by Gasteiger charge is 2.24. The highest BCUT2D eigenvalue weighted by molar-refractivity contribution is 5.81. The molecule has 0 spiro atoms. The molecule has 19 heavy (non-hydrogen) atoms. The number of aryl methyl sites for hydroxylation is 2. The molecule has 1 aromatic heterocycles. The van der Waals surface area contributed by atoms with Crippen LogP contribution < -0.4 is 5.32 Å². The van der Waals surface area contributed by atoms with E-state index in [4.69, 9.17) is 4.74 Å². The Hall–Kier alpha value is -1.40. The molecule has 1 saturated heterocycles. The number of likely N-dealkylation sites (N-methyl/N-ethyl adjacent to an activating group) is 1. The van der Waals surface area contributed by atoms with E-state index in [1.807, 2.05) is 26.5 Å². The van der Waals surface area contributed by atoms with Crippen LogP contribution in [0.25, 0.3) is 0 Å². The third kappa shape index (κ3) is 4.04. The third-order valence-electron chi connectivity index (χ3n) is 3.30. The molecule has 2 rings (SSSR count). The van der Waals surface area contributed by atoms with E-state index >= 15 is 0 Å². The summed E-state index contributed by atoms with van der Waals surface area (Å²) in [5, 5.41) is 7.30. The summed E-state index contributed by atoms with van der Waals surface area (Å²) in [6.07, 6.45) is 5.44. The number of ether oxygens (including phenoxy) is 1. The Morgan fingerprint density at radius 2 is 2.53 bits per heavy atom. The van der Waals surface area contributed by atoms with Crippen LogP contribution in [0.5, 0.6) is 0 Å². The Morgan fingerprint density at radius 3 is 3.16 bits per heavy atom. The molecule has 1 aliphatic heterocycles. The first-order valence-electron chi connectivity index (χ1n) is 6.71. The number of carbonyl (C=O) groups is 1. The van der Waals surface area contributed by atoms with Gasteiger partial charge in [-0.25, -0.2) is 0 Å². The molecular weight excluding hydrogens is 244 g/mol. The van der Waals surface area contributed by atoms with Gasteiger partial charge in [-0.05, 0) is 18.4 Å². The Kier molecular flexibility index (Phi) is 4.93. The zero-order valence-electron chi connectivity index (χ0n) is 11.6. The first kappa shape index (κ1) is 14.0. The largest absolute Gasteiger partial charge is 0.366 e. The van der Waals surface area contributed by atoms with Crippen molar-refractivity contribution in [3.8, 4) is 0 Å². The average molecular weight is 266 g/mol. The molecule has 1 aliphatic rings. The van der Waals surface area contributed by atoms with Crippen molar-refractivity contribution in [2.75, 3.05) is 33.3 Å². The van der Waals surface area contributed by atoms with Crippen LogP contribution in [-0.2, 0) is 23.0 Å². The number of hydrogen-bond donors (Lipinski definition) is 1. The summed E-state index contributed by atoms with van der Waals surface area (Å²) in [6, 6.07) is 0. The fraction of sp³-hybridized carbons (Fsp3) is 0.692. The van der Waals surface area contributed by atoms with E-state index in [-0.39, 0.29) is 12.0 Å². The first-order chi connectivity index (χ1) is 9.16. The van der Waals surface area contributed by atoms with Crippen LogP contribution in [-0.4, -0.2) is 60.0 Å². The van der Waals surface area contributed by atoms with Crippen LogP contribution in [0.3, 0.4) is 0 Å². The summed E-state index contributed by atoms with van der Waals surface area (Å²) in [7, 11) is 3.75. The Labute approximate surface area is 113 Å². The van der Waals surface area contributed by atoms with E-state index < -0.39 is 0 Å². The monoisotopic (exact) mass is 266 g/mol. The van der Waals surface area contributed by atoms with E-state index in [2.05, 4.69) is 10.4 Å². The smallest absolute Gasteiger partial charge is 0.252 e. The maximum atomic E-state index is 12.1. The van der Waals surface area contributed by atoms with Crippen molar-refractivity contribution in [3.05, 3.63) is 18.0 Å². The van der Waals surface area contributed by atoms with Crippen molar-refractivity contribution in [3.63, 3.8) is 0 Å². The van der Waals surface area contributed by atoms with Gasteiger partial charge in [0, 0.05) is 39.9 Å². The van der Waals surface area contributed by atoms with E-state index in [1.165, 1.54) is 5.56 Å². The zero-order valence-corrected chi connectivity index (χ0v) is 11.6. The van der Waals surface area contributed by atoms with Crippen molar-refractivity contribution >= 4 is 5.91 Å². The molecular formula is C13H22N4O2. The molecule has 6 nitrogen and oxygen atoms in total. The lowest BCUT2D eigenvalue weighted by Crippen LogP contribution is -2.48. The van der Waals surface area contributed by atoms with Crippen molar-refractivity contribution < 1.29 is 9.53 Å². The number of carbonyl (C=O) groups excluding carboxylic acids is 1. The number of morpholine rings is 1. The molecule has 1 atom stereocenters. The fourth-order valence-corrected chi connectivity index (χ4v) is 2.20. The third-order valence-corrected chi connectivity index (χ3v) is 3.30. The fourth-order valence-electron chi connectivity index (χ4n) is 2.20. The van der Waals surface area contributed by atoms with Gasteiger partial charge in [-0.3, -0.25) is 9.48 Å². The number of nitrogens with one attached hydrogen (secondary N) is 1. The van der Waals surface area contributed by atoms with Gasteiger partial charge in [0.2, 0.25) is 0 Å². The highest BCUT2D eigenvalue weighted by Crippen LogP contribution is 2.05. The van der Waals surface area contributed by atoms with Crippen LogP contribution in [0.2, 0.25) is 0 Å².